The van der Waals surface area contributed by atoms with Crippen LogP contribution in [-0.4, -0.2) is 15.0 Å². The van der Waals surface area contributed by atoms with Gasteiger partial charge in [0.1, 0.15) is 11.2 Å². The molecule has 12 aromatic rings. The molecule has 0 unspecified atom stereocenters. The van der Waals surface area contributed by atoms with Crippen molar-refractivity contribution in [1.82, 2.24) is 15.0 Å². The van der Waals surface area contributed by atoms with Gasteiger partial charge in [-0.2, -0.15) is 0 Å². The Morgan fingerprint density at radius 3 is 1.51 bits per heavy atom. The highest BCUT2D eigenvalue weighted by Crippen LogP contribution is 2.46. The summed E-state index contributed by atoms with van der Waals surface area (Å²) in [6.07, 6.45) is 0. The minimum absolute atomic E-state index is 0.677. The Bertz CT molecular complexity index is 3640. The largest absolute Gasteiger partial charge is 0.456 e. The van der Waals surface area contributed by atoms with Gasteiger partial charge in [-0.25, -0.2) is 15.0 Å². The van der Waals surface area contributed by atoms with Crippen molar-refractivity contribution >= 4 is 43.6 Å². The van der Waals surface area contributed by atoms with Crippen LogP contribution in [0.15, 0.2) is 229 Å². The molecule has 3 aromatic heterocycles. The third-order valence-electron chi connectivity index (χ3n) is 12.1. The van der Waals surface area contributed by atoms with E-state index in [1.54, 1.807) is 0 Å². The molecule has 0 saturated heterocycles. The highest BCUT2D eigenvalue weighted by atomic mass is 16.3. The van der Waals surface area contributed by atoms with Gasteiger partial charge >= 0.3 is 0 Å². The molecule has 294 valence electrons. The van der Waals surface area contributed by atoms with E-state index in [1.807, 2.05) is 24.3 Å². The van der Waals surface area contributed by atoms with Crippen LogP contribution < -0.4 is 0 Å². The van der Waals surface area contributed by atoms with Crippen molar-refractivity contribution in [2.45, 2.75) is 0 Å². The lowest BCUT2D eigenvalue weighted by Gasteiger charge is -2.16. The van der Waals surface area contributed by atoms with E-state index < -0.39 is 0 Å². The molecule has 0 N–H and O–H groups in total. The van der Waals surface area contributed by atoms with Crippen molar-refractivity contribution in [1.29, 1.82) is 0 Å². The number of fused-ring (bicyclic) bond motifs is 6. The quantitative estimate of drug-likeness (QED) is 0.151. The monoisotopic (exact) mass is 803 g/mol. The third kappa shape index (κ3) is 6.53. The van der Waals surface area contributed by atoms with E-state index in [0.717, 1.165) is 105 Å². The number of rotatable bonds is 7. The average Bonchev–Trinajstić information content (AvgIpc) is 3.74. The second-order valence-electron chi connectivity index (χ2n) is 15.9. The molecule has 0 radical (unpaired) electrons. The lowest BCUT2D eigenvalue weighted by molar-refractivity contribution is 0.669. The number of pyridine rings is 1. The number of nitrogens with zero attached hydrogens (tertiary/aromatic N) is 3. The lowest BCUT2D eigenvalue weighted by Crippen LogP contribution is -1.96. The van der Waals surface area contributed by atoms with E-state index in [4.69, 9.17) is 19.4 Å². The second kappa shape index (κ2) is 15.2. The molecular weight excluding hydrogens is 767 g/mol. The SMILES string of the molecule is c1ccc(-c2ccc(-c3cc(-c4ccccc4)nc(-c4cccc(-c5ccc(-c6c7c(cc8c(-c9ccccc9)nc9ccccc9c68)oc6ccccc67)cc5)c4)n3)cc2)cc1. The fourth-order valence-corrected chi connectivity index (χ4v) is 9.03. The molecule has 0 aliphatic carbocycles. The van der Waals surface area contributed by atoms with Gasteiger partial charge in [-0.15, -0.1) is 0 Å². The molecule has 0 bridgehead atoms. The van der Waals surface area contributed by atoms with Gasteiger partial charge in [0, 0.05) is 54.7 Å². The Labute approximate surface area is 364 Å². The first kappa shape index (κ1) is 36.4. The van der Waals surface area contributed by atoms with Crippen molar-refractivity contribution in [3.63, 3.8) is 0 Å². The molecule has 0 fully saturated rings. The summed E-state index contributed by atoms with van der Waals surface area (Å²) >= 11 is 0. The minimum atomic E-state index is 0.677. The fraction of sp³-hybridized carbons (Fsp3) is 0. The van der Waals surface area contributed by atoms with Gasteiger partial charge < -0.3 is 4.42 Å². The van der Waals surface area contributed by atoms with Gasteiger partial charge in [-0.05, 0) is 58.1 Å². The first-order valence-electron chi connectivity index (χ1n) is 21.3. The van der Waals surface area contributed by atoms with Crippen LogP contribution in [0.4, 0.5) is 0 Å². The van der Waals surface area contributed by atoms with E-state index in [-0.39, 0.29) is 0 Å². The summed E-state index contributed by atoms with van der Waals surface area (Å²) in [7, 11) is 0. The van der Waals surface area contributed by atoms with Crippen LogP contribution in [0.2, 0.25) is 0 Å². The van der Waals surface area contributed by atoms with Crippen molar-refractivity contribution in [3.8, 4) is 78.5 Å². The van der Waals surface area contributed by atoms with Crippen molar-refractivity contribution in [2.24, 2.45) is 0 Å². The minimum Gasteiger partial charge on any atom is -0.456 e. The molecule has 4 nitrogen and oxygen atoms in total. The first-order valence-corrected chi connectivity index (χ1v) is 21.3. The van der Waals surface area contributed by atoms with Crippen molar-refractivity contribution in [3.05, 3.63) is 224 Å². The van der Waals surface area contributed by atoms with Crippen LogP contribution >= 0.6 is 0 Å². The molecule has 4 heteroatoms. The number of hydrogen-bond donors (Lipinski definition) is 0. The summed E-state index contributed by atoms with van der Waals surface area (Å²) in [4.78, 5) is 15.6. The Hall–Kier alpha value is -8.47. The Morgan fingerprint density at radius 2 is 0.794 bits per heavy atom. The maximum absolute atomic E-state index is 6.63. The normalized spacial score (nSPS) is 11.5. The van der Waals surface area contributed by atoms with Crippen LogP contribution in [0, 0.1) is 0 Å². The van der Waals surface area contributed by atoms with Crippen molar-refractivity contribution in [2.75, 3.05) is 0 Å². The van der Waals surface area contributed by atoms with E-state index in [9.17, 15) is 0 Å². The zero-order chi connectivity index (χ0) is 41.7. The summed E-state index contributed by atoms with van der Waals surface area (Å²) in [5.41, 5.74) is 16.2. The van der Waals surface area contributed by atoms with Crippen LogP contribution in [-0.2, 0) is 0 Å². The van der Waals surface area contributed by atoms with Crippen LogP contribution in [0.3, 0.4) is 0 Å². The maximum atomic E-state index is 6.63. The van der Waals surface area contributed by atoms with Gasteiger partial charge in [0.25, 0.3) is 0 Å². The molecule has 0 aliphatic rings. The molecule has 63 heavy (non-hydrogen) atoms. The van der Waals surface area contributed by atoms with Gasteiger partial charge in [-0.3, -0.25) is 0 Å². The van der Waals surface area contributed by atoms with E-state index in [0.29, 0.717) is 5.82 Å². The maximum Gasteiger partial charge on any atom is 0.160 e. The first-order chi connectivity index (χ1) is 31.2. The Morgan fingerprint density at radius 1 is 0.286 bits per heavy atom. The van der Waals surface area contributed by atoms with Crippen LogP contribution in [0.5, 0.6) is 0 Å². The summed E-state index contributed by atoms with van der Waals surface area (Å²) in [6, 6.07) is 78.5. The molecule has 0 amide bonds. The summed E-state index contributed by atoms with van der Waals surface area (Å²) in [5.74, 6) is 0.677. The van der Waals surface area contributed by atoms with Gasteiger partial charge in [0.2, 0.25) is 0 Å². The summed E-state index contributed by atoms with van der Waals surface area (Å²) in [5, 5.41) is 5.52. The summed E-state index contributed by atoms with van der Waals surface area (Å²) in [6.45, 7) is 0. The van der Waals surface area contributed by atoms with Crippen LogP contribution in [0.1, 0.15) is 0 Å². The van der Waals surface area contributed by atoms with E-state index in [2.05, 4.69) is 200 Å². The van der Waals surface area contributed by atoms with Gasteiger partial charge in [0.05, 0.1) is 22.6 Å². The van der Waals surface area contributed by atoms with E-state index >= 15 is 0 Å². The second-order valence-corrected chi connectivity index (χ2v) is 15.9. The zero-order valence-corrected chi connectivity index (χ0v) is 34.1. The topological polar surface area (TPSA) is 51.8 Å². The molecular formula is C59H37N3O. The average molecular weight is 804 g/mol. The number of para-hydroxylation sites is 2. The molecule has 9 aromatic carbocycles. The predicted molar refractivity (Wildman–Crippen MR) is 260 cm³/mol. The standard InChI is InChI=1S/C59H37N3O/c1-4-15-38(16-5-1)39-27-31-42(32-28-39)52-37-51(41-17-6-2-7-18-41)61-59(62-52)46-22-14-21-45(35-46)40-29-33-43(34-30-40)55-56-47-23-10-12-25-50(47)60-58(44-19-8-3-9-20-44)49(56)36-54-57(55)48-24-11-13-26-53(48)63-54/h1-37H. The molecule has 0 atom stereocenters. The molecule has 0 saturated carbocycles. The highest BCUT2D eigenvalue weighted by molar-refractivity contribution is 6.27. The Balaban J connectivity index is 0.987. The van der Waals surface area contributed by atoms with E-state index in [1.165, 1.54) is 11.1 Å². The van der Waals surface area contributed by atoms with Crippen LogP contribution in [0.25, 0.3) is 122 Å². The number of furan rings is 1. The fourth-order valence-electron chi connectivity index (χ4n) is 9.03. The molecule has 0 aliphatic heterocycles. The molecule has 3 heterocycles. The number of benzene rings is 9. The predicted octanol–water partition coefficient (Wildman–Crippen LogP) is 15.7. The number of aromatic nitrogens is 3. The van der Waals surface area contributed by atoms with Crippen molar-refractivity contribution < 1.29 is 4.42 Å². The van der Waals surface area contributed by atoms with Gasteiger partial charge in [-0.1, -0.05) is 194 Å². The number of hydrogen-bond acceptors (Lipinski definition) is 4. The third-order valence-corrected chi connectivity index (χ3v) is 12.1. The lowest BCUT2D eigenvalue weighted by atomic mass is 9.89. The zero-order valence-electron chi connectivity index (χ0n) is 34.1. The Kier molecular flexibility index (Phi) is 8.79. The highest BCUT2D eigenvalue weighted by Gasteiger charge is 2.22. The molecule has 12 rings (SSSR count). The molecule has 0 spiro atoms. The smallest absolute Gasteiger partial charge is 0.160 e. The van der Waals surface area contributed by atoms with Gasteiger partial charge in [0.15, 0.2) is 5.82 Å². The summed E-state index contributed by atoms with van der Waals surface area (Å²) < 4.78 is 6.63.